The van der Waals surface area contributed by atoms with Gasteiger partial charge in [-0.3, -0.25) is 14.9 Å². The highest BCUT2D eigenvalue weighted by Gasteiger charge is 2.19. The molecule has 0 radical (unpaired) electrons. The minimum atomic E-state index is -0.809. The molecule has 8 heteroatoms. The first-order chi connectivity index (χ1) is 9.93. The number of nitro benzene ring substituents is 1. The largest absolute Gasteiger partial charge is 0.389 e. The number of rotatable bonds is 4. The van der Waals surface area contributed by atoms with Gasteiger partial charge in [0, 0.05) is 19.3 Å². The maximum absolute atomic E-state index is 11.5. The van der Waals surface area contributed by atoms with Crippen LogP contribution in [0.1, 0.15) is 29.1 Å². The second-order valence-corrected chi connectivity index (χ2v) is 4.41. The van der Waals surface area contributed by atoms with Gasteiger partial charge in [0.05, 0.1) is 11.0 Å². The lowest BCUT2D eigenvalue weighted by molar-refractivity contribution is -0.384. The highest BCUT2D eigenvalue weighted by atomic mass is 16.6. The minimum Gasteiger partial charge on any atom is -0.389 e. The number of nitrogens with zero attached hydrogens (tertiary/aromatic N) is 3. The van der Waals surface area contributed by atoms with Crippen LogP contribution in [0.2, 0.25) is 0 Å². The van der Waals surface area contributed by atoms with Crippen molar-refractivity contribution in [1.82, 2.24) is 15.1 Å². The third kappa shape index (κ3) is 2.90. The van der Waals surface area contributed by atoms with E-state index in [1.807, 2.05) is 0 Å². The van der Waals surface area contributed by atoms with Gasteiger partial charge in [-0.05, 0) is 24.6 Å². The van der Waals surface area contributed by atoms with E-state index in [0.717, 1.165) is 0 Å². The molecule has 0 saturated heterocycles. The van der Waals surface area contributed by atoms with Crippen molar-refractivity contribution in [2.45, 2.75) is 13.0 Å². The molecule has 0 aliphatic carbocycles. The highest BCUT2D eigenvalue weighted by Crippen LogP contribution is 2.26. The van der Waals surface area contributed by atoms with E-state index in [1.165, 1.54) is 43.0 Å². The van der Waals surface area contributed by atoms with Crippen molar-refractivity contribution < 1.29 is 14.8 Å². The number of hydrogen-bond donors (Lipinski definition) is 2. The van der Waals surface area contributed by atoms with Crippen LogP contribution < -0.4 is 5.32 Å². The number of aliphatic hydroxyl groups excluding tert-OH is 1. The van der Waals surface area contributed by atoms with Gasteiger partial charge in [0.2, 0.25) is 0 Å². The lowest BCUT2D eigenvalue weighted by Crippen LogP contribution is -2.18. The Hall–Kier alpha value is -2.74. The fraction of sp³-hybridized carbons (Fsp3) is 0.231. The number of amides is 1. The van der Waals surface area contributed by atoms with Crippen LogP contribution in [0.5, 0.6) is 0 Å². The predicted molar refractivity (Wildman–Crippen MR) is 74.2 cm³/mol. The van der Waals surface area contributed by atoms with E-state index >= 15 is 0 Å². The second kappa shape index (κ2) is 5.71. The smallest absolute Gasteiger partial charge is 0.295 e. The van der Waals surface area contributed by atoms with Crippen LogP contribution >= 0.6 is 0 Å². The fourth-order valence-electron chi connectivity index (χ4n) is 1.85. The van der Waals surface area contributed by atoms with Crippen molar-refractivity contribution >= 4 is 11.6 Å². The van der Waals surface area contributed by atoms with Crippen molar-refractivity contribution in [3.63, 3.8) is 0 Å². The summed E-state index contributed by atoms with van der Waals surface area (Å²) in [4.78, 5) is 22.1. The molecule has 21 heavy (non-hydrogen) atoms. The monoisotopic (exact) mass is 290 g/mol. The Morgan fingerprint density at radius 1 is 1.48 bits per heavy atom. The molecule has 0 unspecified atom stereocenters. The molecule has 8 nitrogen and oxygen atoms in total. The van der Waals surface area contributed by atoms with Crippen LogP contribution in [-0.4, -0.2) is 32.8 Å². The molecule has 2 aromatic rings. The zero-order valence-electron chi connectivity index (χ0n) is 11.5. The second-order valence-electron chi connectivity index (χ2n) is 4.41. The molecule has 0 spiro atoms. The molecule has 2 N–H and O–H groups in total. The zero-order chi connectivity index (χ0) is 15.6. The minimum absolute atomic E-state index is 0.159. The lowest BCUT2D eigenvalue weighted by Gasteiger charge is -2.07. The fourth-order valence-corrected chi connectivity index (χ4v) is 1.85. The standard InChI is InChI=1S/C13H14N4O4/c1-8(18)9-3-4-11(12(7-9)17(20)21)16-6-5-10(15-16)13(19)14-2/h3-8,18H,1-2H3,(H,14,19)/t8-/m1/s1. The number of carbonyl (C=O) groups is 1. The lowest BCUT2D eigenvalue weighted by atomic mass is 10.1. The Kier molecular flexibility index (Phi) is 3.99. The van der Waals surface area contributed by atoms with Gasteiger partial charge in [0.15, 0.2) is 5.69 Å². The molecular formula is C13H14N4O4. The Bertz CT molecular complexity index is 693. The Labute approximate surface area is 120 Å². The molecule has 0 bridgehead atoms. The van der Waals surface area contributed by atoms with Crippen molar-refractivity contribution in [3.8, 4) is 5.69 Å². The third-order valence-electron chi connectivity index (χ3n) is 2.97. The molecule has 1 aromatic carbocycles. The molecule has 1 amide bonds. The van der Waals surface area contributed by atoms with Gasteiger partial charge in [-0.25, -0.2) is 4.68 Å². The summed E-state index contributed by atoms with van der Waals surface area (Å²) in [6.07, 6.45) is 0.659. The van der Waals surface area contributed by atoms with Gasteiger partial charge in [0.25, 0.3) is 11.6 Å². The van der Waals surface area contributed by atoms with Crippen molar-refractivity contribution in [2.24, 2.45) is 0 Å². The molecule has 0 fully saturated rings. The maximum atomic E-state index is 11.5. The van der Waals surface area contributed by atoms with E-state index in [2.05, 4.69) is 10.4 Å². The molecule has 110 valence electrons. The summed E-state index contributed by atoms with van der Waals surface area (Å²) in [5.41, 5.74) is 0.620. The molecule has 2 rings (SSSR count). The van der Waals surface area contributed by atoms with Crippen LogP contribution in [0.4, 0.5) is 5.69 Å². The number of benzene rings is 1. The van der Waals surface area contributed by atoms with Gasteiger partial charge in [-0.15, -0.1) is 0 Å². The van der Waals surface area contributed by atoms with Crippen molar-refractivity contribution in [1.29, 1.82) is 0 Å². The first-order valence-corrected chi connectivity index (χ1v) is 6.18. The molecule has 0 aliphatic heterocycles. The van der Waals surface area contributed by atoms with Crippen LogP contribution in [0.3, 0.4) is 0 Å². The van der Waals surface area contributed by atoms with E-state index in [-0.39, 0.29) is 23.0 Å². The van der Waals surface area contributed by atoms with Crippen LogP contribution in [0.25, 0.3) is 5.69 Å². The first-order valence-electron chi connectivity index (χ1n) is 6.18. The van der Waals surface area contributed by atoms with E-state index in [0.29, 0.717) is 5.56 Å². The molecule has 1 aromatic heterocycles. The normalized spacial score (nSPS) is 12.0. The molecule has 0 aliphatic rings. The third-order valence-corrected chi connectivity index (χ3v) is 2.97. The number of nitro groups is 1. The Morgan fingerprint density at radius 3 is 2.76 bits per heavy atom. The average Bonchev–Trinajstić information content (AvgIpc) is 2.95. The number of aromatic nitrogens is 2. The quantitative estimate of drug-likeness (QED) is 0.649. The van der Waals surface area contributed by atoms with Crippen molar-refractivity contribution in [2.75, 3.05) is 7.05 Å². The van der Waals surface area contributed by atoms with Gasteiger partial charge >= 0.3 is 0 Å². The van der Waals surface area contributed by atoms with Crippen molar-refractivity contribution in [3.05, 3.63) is 51.8 Å². The zero-order valence-corrected chi connectivity index (χ0v) is 11.5. The number of hydrogen-bond acceptors (Lipinski definition) is 5. The number of aliphatic hydroxyl groups is 1. The van der Waals surface area contributed by atoms with Gasteiger partial charge < -0.3 is 10.4 Å². The van der Waals surface area contributed by atoms with Gasteiger partial charge in [0.1, 0.15) is 5.69 Å². The summed E-state index contributed by atoms with van der Waals surface area (Å²) in [7, 11) is 1.47. The molecule has 0 saturated carbocycles. The summed E-state index contributed by atoms with van der Waals surface area (Å²) < 4.78 is 1.26. The SMILES string of the molecule is CNC(=O)c1ccn(-c2ccc([C@@H](C)O)cc2[N+](=O)[O-])n1. The van der Waals surface area contributed by atoms with Crippen LogP contribution in [0, 0.1) is 10.1 Å². The molecule has 1 heterocycles. The highest BCUT2D eigenvalue weighted by molar-refractivity contribution is 5.91. The average molecular weight is 290 g/mol. The number of carbonyl (C=O) groups excluding carboxylic acids is 1. The van der Waals surface area contributed by atoms with E-state index in [1.54, 1.807) is 6.07 Å². The topological polar surface area (TPSA) is 110 Å². The van der Waals surface area contributed by atoms with Gasteiger partial charge in [-0.2, -0.15) is 5.10 Å². The van der Waals surface area contributed by atoms with Gasteiger partial charge in [-0.1, -0.05) is 6.07 Å². The number of nitrogens with one attached hydrogen (secondary N) is 1. The van der Waals surface area contributed by atoms with E-state index < -0.39 is 11.0 Å². The summed E-state index contributed by atoms with van der Waals surface area (Å²) in [5.74, 6) is -0.378. The van der Waals surface area contributed by atoms with E-state index in [4.69, 9.17) is 0 Å². The maximum Gasteiger partial charge on any atom is 0.295 e. The van der Waals surface area contributed by atoms with Crippen LogP contribution in [0.15, 0.2) is 30.5 Å². The van der Waals surface area contributed by atoms with Crippen LogP contribution in [-0.2, 0) is 0 Å². The summed E-state index contributed by atoms with van der Waals surface area (Å²) in [5, 5.41) is 27.1. The van der Waals surface area contributed by atoms with E-state index in [9.17, 15) is 20.0 Å². The summed E-state index contributed by atoms with van der Waals surface area (Å²) in [6.45, 7) is 1.52. The predicted octanol–water partition coefficient (Wildman–Crippen LogP) is 1.19. The molecular weight excluding hydrogens is 276 g/mol. The summed E-state index contributed by atoms with van der Waals surface area (Å²) >= 11 is 0. The molecule has 1 atom stereocenters. The Balaban J connectivity index is 2.50. The Morgan fingerprint density at radius 2 is 2.19 bits per heavy atom. The first kappa shape index (κ1) is 14.7. The summed E-state index contributed by atoms with van der Waals surface area (Å²) in [6, 6.07) is 5.82.